The molecule has 1 aliphatic rings. The topological polar surface area (TPSA) is 102 Å². The van der Waals surface area contributed by atoms with Crippen LogP contribution in [-0.2, 0) is 27.5 Å². The van der Waals surface area contributed by atoms with E-state index in [1.165, 1.54) is 18.2 Å². The molecule has 0 saturated carbocycles. The van der Waals surface area contributed by atoms with E-state index in [9.17, 15) is 31.7 Å². The van der Waals surface area contributed by atoms with Crippen LogP contribution in [0.2, 0.25) is 0 Å². The molecule has 1 N–H and O–H groups in total. The zero-order chi connectivity index (χ0) is 21.9. The van der Waals surface area contributed by atoms with E-state index in [2.05, 4.69) is 5.32 Å². The van der Waals surface area contributed by atoms with Crippen molar-refractivity contribution >= 4 is 21.4 Å². The Morgan fingerprint density at radius 1 is 1.13 bits per heavy atom. The van der Waals surface area contributed by atoms with Crippen LogP contribution in [0.4, 0.5) is 24.5 Å². The summed E-state index contributed by atoms with van der Waals surface area (Å²) in [7, 11) is -4.08. The third-order valence-electron chi connectivity index (χ3n) is 4.50. The van der Waals surface area contributed by atoms with E-state index in [0.717, 1.165) is 28.6 Å². The van der Waals surface area contributed by atoms with Gasteiger partial charge in [0.1, 0.15) is 4.90 Å². The molecule has 0 amide bonds. The van der Waals surface area contributed by atoms with Crippen molar-refractivity contribution in [3.05, 3.63) is 63.7 Å². The molecule has 0 atom stereocenters. The molecule has 0 aromatic heterocycles. The van der Waals surface area contributed by atoms with E-state index in [1.807, 2.05) is 0 Å². The lowest BCUT2D eigenvalue weighted by molar-refractivity contribution is -0.385. The minimum atomic E-state index is -4.51. The number of benzene rings is 2. The number of non-ortho nitro benzene ring substituents is 1. The Balaban J connectivity index is 1.92. The Labute approximate surface area is 170 Å². The summed E-state index contributed by atoms with van der Waals surface area (Å²) in [4.78, 5) is 10.1. The molecule has 1 heterocycles. The fourth-order valence-electron chi connectivity index (χ4n) is 2.96. The first kappa shape index (κ1) is 22.0. The molecule has 0 unspecified atom stereocenters. The fraction of sp³-hybridized carbons (Fsp3) is 0.333. The highest BCUT2D eigenvalue weighted by atomic mass is 32.2. The van der Waals surface area contributed by atoms with Gasteiger partial charge in [0.25, 0.3) is 5.69 Å². The van der Waals surface area contributed by atoms with Crippen LogP contribution in [0.5, 0.6) is 0 Å². The number of hydrogen-bond acceptors (Lipinski definition) is 6. The molecule has 1 saturated heterocycles. The zero-order valence-electron chi connectivity index (χ0n) is 15.6. The van der Waals surface area contributed by atoms with E-state index in [1.54, 1.807) is 0 Å². The summed E-state index contributed by atoms with van der Waals surface area (Å²) in [6.07, 6.45) is -4.51. The number of anilines is 1. The van der Waals surface area contributed by atoms with Gasteiger partial charge in [0, 0.05) is 31.8 Å². The van der Waals surface area contributed by atoms with Gasteiger partial charge in [0.2, 0.25) is 10.0 Å². The highest BCUT2D eigenvalue weighted by Gasteiger charge is 2.31. The van der Waals surface area contributed by atoms with Crippen molar-refractivity contribution in [1.82, 2.24) is 4.31 Å². The first-order valence-corrected chi connectivity index (χ1v) is 10.3. The Morgan fingerprint density at radius 2 is 1.83 bits per heavy atom. The number of halogens is 3. The summed E-state index contributed by atoms with van der Waals surface area (Å²) < 4.78 is 71.1. The summed E-state index contributed by atoms with van der Waals surface area (Å²) >= 11 is 0. The molecule has 30 heavy (non-hydrogen) atoms. The number of nitro benzene ring substituents is 1. The molecule has 0 bridgehead atoms. The molecule has 2 aromatic rings. The van der Waals surface area contributed by atoms with Crippen LogP contribution in [0.3, 0.4) is 0 Å². The van der Waals surface area contributed by atoms with Crippen molar-refractivity contribution in [1.29, 1.82) is 0 Å². The van der Waals surface area contributed by atoms with Crippen LogP contribution in [0.15, 0.2) is 47.4 Å². The normalized spacial score (nSPS) is 15.7. The van der Waals surface area contributed by atoms with Crippen LogP contribution in [0, 0.1) is 10.1 Å². The number of nitro groups is 1. The van der Waals surface area contributed by atoms with Crippen molar-refractivity contribution < 1.29 is 31.2 Å². The number of alkyl halides is 3. The lowest BCUT2D eigenvalue weighted by Crippen LogP contribution is -2.40. The Hall–Kier alpha value is -2.70. The van der Waals surface area contributed by atoms with Gasteiger partial charge in [-0.05, 0) is 23.8 Å². The van der Waals surface area contributed by atoms with Gasteiger partial charge < -0.3 is 10.1 Å². The van der Waals surface area contributed by atoms with Gasteiger partial charge in [-0.3, -0.25) is 10.1 Å². The number of sulfonamides is 1. The van der Waals surface area contributed by atoms with Crippen LogP contribution < -0.4 is 5.32 Å². The predicted molar refractivity (Wildman–Crippen MR) is 101 cm³/mol. The summed E-state index contributed by atoms with van der Waals surface area (Å²) in [5.74, 6) is 0. The number of nitrogens with zero attached hydrogens (tertiary/aromatic N) is 2. The largest absolute Gasteiger partial charge is 0.416 e. The van der Waals surface area contributed by atoms with Crippen LogP contribution in [-0.4, -0.2) is 43.9 Å². The second-order valence-corrected chi connectivity index (χ2v) is 8.41. The molecule has 2 aromatic carbocycles. The molecule has 12 heteroatoms. The van der Waals surface area contributed by atoms with Crippen molar-refractivity contribution in [3.8, 4) is 0 Å². The molecule has 1 aliphatic heterocycles. The van der Waals surface area contributed by atoms with Gasteiger partial charge in [0.05, 0.1) is 29.4 Å². The number of nitrogens with one attached hydrogen (secondary N) is 1. The lowest BCUT2D eigenvalue weighted by atomic mass is 10.1. The van der Waals surface area contributed by atoms with Gasteiger partial charge in [-0.15, -0.1) is 0 Å². The van der Waals surface area contributed by atoms with Crippen molar-refractivity contribution in [2.75, 3.05) is 31.6 Å². The maximum absolute atomic E-state index is 13.0. The van der Waals surface area contributed by atoms with Crippen molar-refractivity contribution in [2.45, 2.75) is 17.6 Å². The fourth-order valence-corrected chi connectivity index (χ4v) is 4.56. The third-order valence-corrected chi connectivity index (χ3v) is 6.44. The first-order valence-electron chi connectivity index (χ1n) is 8.85. The monoisotopic (exact) mass is 445 g/mol. The van der Waals surface area contributed by atoms with E-state index in [-0.39, 0.29) is 49.0 Å². The second kappa shape index (κ2) is 8.58. The average Bonchev–Trinajstić information content (AvgIpc) is 2.72. The molecule has 3 rings (SSSR count). The maximum atomic E-state index is 13.0. The SMILES string of the molecule is O=[N+]([O-])c1ccc(NCc2cccc(C(F)(F)F)c2)c(S(=O)(=O)N2CCOCC2)c1. The summed E-state index contributed by atoms with van der Waals surface area (Å²) in [5.41, 5.74) is -0.902. The van der Waals surface area contributed by atoms with Gasteiger partial charge in [-0.2, -0.15) is 17.5 Å². The smallest absolute Gasteiger partial charge is 0.380 e. The number of morpholine rings is 1. The summed E-state index contributed by atoms with van der Waals surface area (Å²) in [5, 5.41) is 13.9. The maximum Gasteiger partial charge on any atom is 0.416 e. The first-order chi connectivity index (χ1) is 14.1. The van der Waals surface area contributed by atoms with E-state index >= 15 is 0 Å². The van der Waals surface area contributed by atoms with Gasteiger partial charge in [-0.1, -0.05) is 12.1 Å². The lowest BCUT2D eigenvalue weighted by Gasteiger charge is -2.27. The quantitative estimate of drug-likeness (QED) is 0.541. The Kier molecular flexibility index (Phi) is 6.29. The Bertz CT molecular complexity index is 1040. The minimum Gasteiger partial charge on any atom is -0.380 e. The standard InChI is InChI=1S/C18H18F3N3O5S/c19-18(20,21)14-3-1-2-13(10-14)12-22-16-5-4-15(24(25)26)11-17(16)30(27,28)23-6-8-29-9-7-23/h1-5,10-11,22H,6-9,12H2. The molecule has 0 aliphatic carbocycles. The number of ether oxygens (including phenoxy) is 1. The van der Waals surface area contributed by atoms with Crippen LogP contribution >= 0.6 is 0 Å². The highest BCUT2D eigenvalue weighted by molar-refractivity contribution is 7.89. The zero-order valence-corrected chi connectivity index (χ0v) is 16.4. The molecular weight excluding hydrogens is 427 g/mol. The molecule has 1 fully saturated rings. The van der Waals surface area contributed by atoms with E-state index in [0.29, 0.717) is 0 Å². The van der Waals surface area contributed by atoms with E-state index < -0.39 is 32.4 Å². The third kappa shape index (κ3) is 4.89. The van der Waals surface area contributed by atoms with Gasteiger partial charge in [-0.25, -0.2) is 8.42 Å². The summed E-state index contributed by atoms with van der Waals surface area (Å²) in [6.45, 7) is 0.478. The van der Waals surface area contributed by atoms with E-state index in [4.69, 9.17) is 4.74 Å². The van der Waals surface area contributed by atoms with Crippen LogP contribution in [0.1, 0.15) is 11.1 Å². The Morgan fingerprint density at radius 3 is 2.47 bits per heavy atom. The highest BCUT2D eigenvalue weighted by Crippen LogP contribution is 2.31. The molecule has 162 valence electrons. The predicted octanol–water partition coefficient (Wildman–Crippen LogP) is 3.25. The van der Waals surface area contributed by atoms with Crippen molar-refractivity contribution in [2.24, 2.45) is 0 Å². The molecule has 0 radical (unpaired) electrons. The minimum absolute atomic E-state index is 0.0597. The number of hydrogen-bond donors (Lipinski definition) is 1. The molecule has 8 nitrogen and oxygen atoms in total. The second-order valence-electron chi connectivity index (χ2n) is 6.51. The average molecular weight is 445 g/mol. The van der Waals surface area contributed by atoms with Gasteiger partial charge >= 0.3 is 6.18 Å². The van der Waals surface area contributed by atoms with Crippen LogP contribution in [0.25, 0.3) is 0 Å². The van der Waals surface area contributed by atoms with Crippen molar-refractivity contribution in [3.63, 3.8) is 0 Å². The molecular formula is C18H18F3N3O5S. The number of rotatable bonds is 6. The summed E-state index contributed by atoms with van der Waals surface area (Å²) in [6, 6.07) is 7.91. The molecule has 0 spiro atoms. The van der Waals surface area contributed by atoms with Gasteiger partial charge in [0.15, 0.2) is 0 Å².